The summed E-state index contributed by atoms with van der Waals surface area (Å²) in [6.45, 7) is 7.45. The maximum Gasteiger partial charge on any atom is 0.325 e. The molecule has 198 valence electrons. The van der Waals surface area contributed by atoms with E-state index in [4.69, 9.17) is 31.0 Å². The van der Waals surface area contributed by atoms with E-state index >= 15 is 0 Å². The Morgan fingerprint density at radius 1 is 1.03 bits per heavy atom. The van der Waals surface area contributed by atoms with Crippen LogP contribution in [0.5, 0.6) is 5.75 Å². The van der Waals surface area contributed by atoms with E-state index in [1.54, 1.807) is 0 Å². The lowest BCUT2D eigenvalue weighted by Gasteiger charge is -2.20. The zero-order valence-electron chi connectivity index (χ0n) is 21.4. The van der Waals surface area contributed by atoms with Crippen molar-refractivity contribution in [2.45, 2.75) is 46.4 Å². The number of nitrogens with zero attached hydrogens (tertiary/aromatic N) is 1. The predicted octanol–water partition coefficient (Wildman–Crippen LogP) is 6.33. The quantitative estimate of drug-likeness (QED) is 0.101. The molecule has 0 spiro atoms. The van der Waals surface area contributed by atoms with Gasteiger partial charge in [-0.1, -0.05) is 59.2 Å². The fraction of sp³-hybridized carbons (Fsp3) is 0.321. The van der Waals surface area contributed by atoms with Crippen LogP contribution in [0.4, 0.5) is 0 Å². The van der Waals surface area contributed by atoms with Crippen LogP contribution < -0.4 is 10.1 Å². The van der Waals surface area contributed by atoms with Gasteiger partial charge in [0.1, 0.15) is 12.4 Å². The number of nitrogens with one attached hydrogen (secondary N) is 1. The molecule has 0 saturated carbocycles. The van der Waals surface area contributed by atoms with Crippen LogP contribution in [0.3, 0.4) is 0 Å². The summed E-state index contributed by atoms with van der Waals surface area (Å²) in [6.07, 6.45) is -0.138. The minimum atomic E-state index is -3.93. The second kappa shape index (κ2) is 13.8. The molecule has 0 saturated heterocycles. The van der Waals surface area contributed by atoms with Crippen molar-refractivity contribution in [3.05, 3.63) is 99.6 Å². The topological polar surface area (TPSA) is 100 Å². The van der Waals surface area contributed by atoms with E-state index in [0.717, 1.165) is 28.0 Å². The summed E-state index contributed by atoms with van der Waals surface area (Å²) in [5.74, 6) is 0.744. The highest BCUT2D eigenvalue weighted by Gasteiger charge is 2.19. The molecule has 37 heavy (non-hydrogen) atoms. The molecule has 3 aromatic carbocycles. The van der Waals surface area contributed by atoms with Gasteiger partial charge in [-0.05, 0) is 85.8 Å². The van der Waals surface area contributed by atoms with Crippen LogP contribution in [-0.2, 0) is 22.6 Å². The summed E-state index contributed by atoms with van der Waals surface area (Å²) in [5.41, 5.74) is 5.93. The standard InChI is InChI=1S/C28H34ClN2O5P/c1-20-8-13-27(16-21(20)2)36-28(25-6-4-7-26(29)17-25)22(3)31-35-19-24-11-9-23(10-12-24)18-30-14-5-15-37(32,33)34/h4,6-13,16-17,28,30H,5,14-15,18-19H2,1-3H3,(H2,32,33,34). The second-order valence-electron chi connectivity index (χ2n) is 9.04. The molecule has 1 unspecified atom stereocenters. The van der Waals surface area contributed by atoms with E-state index in [1.165, 1.54) is 5.56 Å². The maximum absolute atomic E-state index is 10.9. The van der Waals surface area contributed by atoms with E-state index in [-0.39, 0.29) is 6.16 Å². The van der Waals surface area contributed by atoms with Gasteiger partial charge in [0, 0.05) is 11.6 Å². The smallest absolute Gasteiger partial charge is 0.325 e. The summed E-state index contributed by atoms with van der Waals surface area (Å²) in [5, 5.41) is 8.16. The Morgan fingerprint density at radius 2 is 1.76 bits per heavy atom. The van der Waals surface area contributed by atoms with Crippen LogP contribution in [0.15, 0.2) is 71.9 Å². The van der Waals surface area contributed by atoms with Crippen LogP contribution in [-0.4, -0.2) is 28.2 Å². The Labute approximate surface area is 223 Å². The van der Waals surface area contributed by atoms with Gasteiger partial charge in [0.05, 0.1) is 11.9 Å². The van der Waals surface area contributed by atoms with Crippen molar-refractivity contribution >= 4 is 24.9 Å². The van der Waals surface area contributed by atoms with Crippen LogP contribution in [0.25, 0.3) is 0 Å². The Kier molecular flexibility index (Phi) is 10.7. The van der Waals surface area contributed by atoms with Crippen molar-refractivity contribution in [1.82, 2.24) is 5.32 Å². The van der Waals surface area contributed by atoms with Crippen LogP contribution >= 0.6 is 19.2 Å². The van der Waals surface area contributed by atoms with Gasteiger partial charge in [0.25, 0.3) is 0 Å². The molecular weight excluding hydrogens is 511 g/mol. The molecule has 0 aromatic heterocycles. The molecule has 7 nitrogen and oxygen atoms in total. The Bertz CT molecular complexity index is 1240. The molecule has 0 heterocycles. The summed E-state index contributed by atoms with van der Waals surface area (Å²) in [4.78, 5) is 23.5. The van der Waals surface area contributed by atoms with Crippen LogP contribution in [0.2, 0.25) is 5.02 Å². The number of hydrogen-bond acceptors (Lipinski definition) is 5. The molecule has 0 radical (unpaired) electrons. The van der Waals surface area contributed by atoms with Crippen LogP contribution in [0, 0.1) is 13.8 Å². The van der Waals surface area contributed by atoms with Crippen LogP contribution in [0.1, 0.15) is 47.3 Å². The fourth-order valence-electron chi connectivity index (χ4n) is 3.64. The summed E-state index contributed by atoms with van der Waals surface area (Å²) >= 11 is 6.24. The van der Waals surface area contributed by atoms with Gasteiger partial charge in [-0.2, -0.15) is 0 Å². The first-order valence-electron chi connectivity index (χ1n) is 12.1. The van der Waals surface area contributed by atoms with Gasteiger partial charge in [0.15, 0.2) is 6.10 Å². The third-order valence-corrected chi connectivity index (χ3v) is 6.99. The number of hydrogen-bond donors (Lipinski definition) is 3. The molecule has 0 amide bonds. The summed E-state index contributed by atoms with van der Waals surface area (Å²) in [7, 11) is -3.93. The average molecular weight is 545 g/mol. The van der Waals surface area contributed by atoms with Gasteiger partial charge < -0.3 is 24.7 Å². The molecule has 0 aliphatic rings. The Hall–Kier alpha value is -2.67. The highest BCUT2D eigenvalue weighted by atomic mass is 35.5. The minimum absolute atomic E-state index is 0.107. The van der Waals surface area contributed by atoms with Crippen molar-refractivity contribution in [3.8, 4) is 5.75 Å². The number of halogens is 1. The number of aryl methyl sites for hydroxylation is 2. The molecule has 3 rings (SSSR count). The molecule has 9 heteroatoms. The SMILES string of the molecule is CC(=NOCc1ccc(CNCCCP(=O)(O)O)cc1)C(Oc1ccc(C)c(C)c1)c1cccc(Cl)c1. The predicted molar refractivity (Wildman–Crippen MR) is 148 cm³/mol. The van der Waals surface area contributed by atoms with Crippen molar-refractivity contribution in [2.24, 2.45) is 5.16 Å². The average Bonchev–Trinajstić information content (AvgIpc) is 2.84. The van der Waals surface area contributed by atoms with E-state index in [1.807, 2.05) is 73.7 Å². The first-order valence-corrected chi connectivity index (χ1v) is 14.3. The molecule has 0 aliphatic carbocycles. The fourth-order valence-corrected chi connectivity index (χ4v) is 4.41. The molecule has 3 N–H and O–H groups in total. The van der Waals surface area contributed by atoms with Gasteiger partial charge >= 0.3 is 7.60 Å². The number of rotatable bonds is 13. The van der Waals surface area contributed by atoms with E-state index < -0.39 is 13.7 Å². The Balaban J connectivity index is 1.59. The summed E-state index contributed by atoms with van der Waals surface area (Å²) in [6, 6.07) is 21.4. The van der Waals surface area contributed by atoms with Crippen molar-refractivity contribution in [3.63, 3.8) is 0 Å². The highest BCUT2D eigenvalue weighted by molar-refractivity contribution is 7.51. The first kappa shape index (κ1) is 28.9. The van der Waals surface area contributed by atoms with Crippen molar-refractivity contribution < 1.29 is 23.9 Å². The van der Waals surface area contributed by atoms with Gasteiger partial charge in [-0.15, -0.1) is 0 Å². The minimum Gasteiger partial charge on any atom is -0.480 e. The third kappa shape index (κ3) is 9.95. The third-order valence-electron chi connectivity index (χ3n) is 5.86. The summed E-state index contributed by atoms with van der Waals surface area (Å²) < 4.78 is 17.2. The number of oxime groups is 1. The molecule has 0 bridgehead atoms. The zero-order valence-corrected chi connectivity index (χ0v) is 23.0. The monoisotopic (exact) mass is 544 g/mol. The van der Waals surface area contributed by atoms with Crippen molar-refractivity contribution in [2.75, 3.05) is 12.7 Å². The second-order valence-corrected chi connectivity index (χ2v) is 11.3. The molecule has 3 aromatic rings. The van der Waals surface area contributed by atoms with E-state index in [2.05, 4.69) is 24.3 Å². The van der Waals surface area contributed by atoms with Gasteiger partial charge in [-0.3, -0.25) is 4.57 Å². The van der Waals surface area contributed by atoms with Gasteiger partial charge in [0.2, 0.25) is 0 Å². The van der Waals surface area contributed by atoms with Gasteiger partial charge in [-0.25, -0.2) is 0 Å². The van der Waals surface area contributed by atoms with E-state index in [0.29, 0.717) is 36.9 Å². The zero-order chi connectivity index (χ0) is 26.8. The molecule has 0 aliphatic heterocycles. The largest absolute Gasteiger partial charge is 0.480 e. The lowest BCUT2D eigenvalue weighted by Crippen LogP contribution is -2.17. The molecular formula is C28H34ClN2O5P. The normalized spacial score (nSPS) is 12.9. The molecule has 1 atom stereocenters. The number of ether oxygens (including phenoxy) is 1. The maximum atomic E-state index is 10.9. The van der Waals surface area contributed by atoms with Crippen molar-refractivity contribution in [1.29, 1.82) is 0 Å². The lowest BCUT2D eigenvalue weighted by molar-refractivity contribution is 0.125. The Morgan fingerprint density at radius 3 is 2.43 bits per heavy atom. The van der Waals surface area contributed by atoms with E-state index in [9.17, 15) is 4.57 Å². The first-order chi connectivity index (χ1) is 17.6. The highest BCUT2D eigenvalue weighted by Crippen LogP contribution is 2.34. The molecule has 0 fully saturated rings. The lowest BCUT2D eigenvalue weighted by atomic mass is 10.1. The number of benzene rings is 3.